The van der Waals surface area contributed by atoms with E-state index < -0.39 is 10.2 Å². The average Bonchev–Trinajstić information content (AvgIpc) is 3.05. The lowest BCUT2D eigenvalue weighted by Gasteiger charge is -2.20. The van der Waals surface area contributed by atoms with Crippen molar-refractivity contribution in [2.45, 2.75) is 33.3 Å². The summed E-state index contributed by atoms with van der Waals surface area (Å²) in [6, 6.07) is 15.0. The summed E-state index contributed by atoms with van der Waals surface area (Å²) in [7, 11) is -3.66. The highest BCUT2D eigenvalue weighted by Crippen LogP contribution is 2.34. The van der Waals surface area contributed by atoms with Gasteiger partial charge in [0.1, 0.15) is 23.8 Å². The fourth-order valence-corrected chi connectivity index (χ4v) is 4.04. The van der Waals surface area contributed by atoms with Crippen LogP contribution in [0.5, 0.6) is 5.75 Å². The molecule has 0 saturated heterocycles. The van der Waals surface area contributed by atoms with Gasteiger partial charge in [0.05, 0.1) is 0 Å². The summed E-state index contributed by atoms with van der Waals surface area (Å²) in [5.41, 5.74) is 2.33. The third kappa shape index (κ3) is 4.54. The zero-order valence-electron chi connectivity index (χ0n) is 16.0. The van der Waals surface area contributed by atoms with Crippen molar-refractivity contribution in [1.29, 1.82) is 0 Å². The lowest BCUT2D eigenvalue weighted by Crippen LogP contribution is -2.29. The minimum Gasteiger partial charge on any atom is -0.487 e. The molecule has 0 fully saturated rings. The van der Waals surface area contributed by atoms with Gasteiger partial charge < -0.3 is 4.74 Å². The molecule has 6 nitrogen and oxygen atoms in total. The molecule has 0 bridgehead atoms. The molecule has 0 amide bonds. The number of nitrogens with zero attached hydrogens (tertiary/aromatic N) is 1. The molecule has 1 aliphatic heterocycles. The summed E-state index contributed by atoms with van der Waals surface area (Å²) in [6.07, 6.45) is 3.89. The van der Waals surface area contributed by atoms with E-state index in [4.69, 9.17) is 4.74 Å². The number of carbonyl (C=O) groups is 1. The molecule has 7 heteroatoms. The van der Waals surface area contributed by atoms with Gasteiger partial charge in [-0.25, -0.2) is 4.31 Å². The van der Waals surface area contributed by atoms with Gasteiger partial charge in [0.15, 0.2) is 0 Å². The molecule has 1 unspecified atom stereocenters. The highest BCUT2D eigenvalue weighted by atomic mass is 32.2. The summed E-state index contributed by atoms with van der Waals surface area (Å²) in [6.45, 7) is 4.07. The van der Waals surface area contributed by atoms with Gasteiger partial charge in [-0.05, 0) is 29.7 Å². The van der Waals surface area contributed by atoms with Gasteiger partial charge in [-0.15, -0.1) is 0 Å². The number of rotatable bonds is 8. The van der Waals surface area contributed by atoms with Crippen molar-refractivity contribution in [3.05, 3.63) is 72.1 Å². The van der Waals surface area contributed by atoms with E-state index in [-0.39, 0.29) is 11.7 Å². The Morgan fingerprint density at radius 2 is 1.89 bits per heavy atom. The second-order valence-electron chi connectivity index (χ2n) is 6.74. The molecule has 2 aromatic rings. The number of hydrogen-bond acceptors (Lipinski definition) is 4. The van der Waals surface area contributed by atoms with Crippen LogP contribution in [0.1, 0.15) is 31.4 Å². The van der Waals surface area contributed by atoms with Crippen molar-refractivity contribution in [3.63, 3.8) is 0 Å². The number of Topliss-reactive ketones (excluding diaryl/α,β-unsaturated/α-hetero) is 1. The SMILES string of the molecule is CCC(=O)C(C)Cc1ccc(N2C=CNS2(=O)=O)c(OCc2ccccc2)c1. The summed E-state index contributed by atoms with van der Waals surface area (Å²) >= 11 is 0. The maximum absolute atomic E-state index is 12.2. The van der Waals surface area contributed by atoms with Crippen molar-refractivity contribution in [1.82, 2.24) is 4.72 Å². The molecule has 1 atom stereocenters. The van der Waals surface area contributed by atoms with E-state index >= 15 is 0 Å². The van der Waals surface area contributed by atoms with E-state index in [0.29, 0.717) is 30.9 Å². The van der Waals surface area contributed by atoms with Crippen molar-refractivity contribution < 1.29 is 17.9 Å². The van der Waals surface area contributed by atoms with Crippen LogP contribution in [-0.2, 0) is 28.0 Å². The second kappa shape index (κ2) is 8.48. The molecule has 0 aliphatic carbocycles. The topological polar surface area (TPSA) is 75.7 Å². The van der Waals surface area contributed by atoms with Crippen LogP contribution < -0.4 is 13.8 Å². The van der Waals surface area contributed by atoms with Crippen molar-refractivity contribution in [3.8, 4) is 5.75 Å². The first-order valence-electron chi connectivity index (χ1n) is 9.21. The number of ether oxygens (including phenoxy) is 1. The molecule has 28 heavy (non-hydrogen) atoms. The summed E-state index contributed by atoms with van der Waals surface area (Å²) in [5.74, 6) is 0.550. The van der Waals surface area contributed by atoms with E-state index in [1.165, 1.54) is 12.4 Å². The highest BCUT2D eigenvalue weighted by Gasteiger charge is 2.27. The summed E-state index contributed by atoms with van der Waals surface area (Å²) < 4.78 is 33.9. The molecule has 1 N–H and O–H groups in total. The monoisotopic (exact) mass is 400 g/mol. The van der Waals surface area contributed by atoms with E-state index in [1.54, 1.807) is 6.07 Å². The zero-order chi connectivity index (χ0) is 20.1. The van der Waals surface area contributed by atoms with Gasteiger partial charge in [0, 0.05) is 24.7 Å². The lowest BCUT2D eigenvalue weighted by atomic mass is 9.95. The third-order valence-electron chi connectivity index (χ3n) is 4.62. The minimum absolute atomic E-state index is 0.102. The Kier molecular flexibility index (Phi) is 6.04. The Morgan fingerprint density at radius 3 is 2.54 bits per heavy atom. The van der Waals surface area contributed by atoms with Crippen LogP contribution in [-0.4, -0.2) is 14.2 Å². The van der Waals surface area contributed by atoms with Crippen LogP contribution >= 0.6 is 0 Å². The predicted molar refractivity (Wildman–Crippen MR) is 109 cm³/mol. The molecule has 2 aromatic carbocycles. The fraction of sp³-hybridized carbons (Fsp3) is 0.286. The van der Waals surface area contributed by atoms with E-state index in [0.717, 1.165) is 15.4 Å². The van der Waals surface area contributed by atoms with Crippen molar-refractivity contribution >= 4 is 21.7 Å². The first-order chi connectivity index (χ1) is 13.4. The fourth-order valence-electron chi connectivity index (χ4n) is 3.07. The maximum atomic E-state index is 12.2. The van der Waals surface area contributed by atoms with Crippen LogP contribution in [0.2, 0.25) is 0 Å². The van der Waals surface area contributed by atoms with Crippen LogP contribution in [0.4, 0.5) is 5.69 Å². The molecule has 1 aliphatic rings. The van der Waals surface area contributed by atoms with Gasteiger partial charge in [0.2, 0.25) is 0 Å². The highest BCUT2D eigenvalue weighted by molar-refractivity contribution is 7.91. The van der Waals surface area contributed by atoms with Crippen LogP contribution in [0.3, 0.4) is 0 Å². The lowest BCUT2D eigenvalue weighted by molar-refractivity contribution is -0.122. The Balaban J connectivity index is 1.90. The van der Waals surface area contributed by atoms with Gasteiger partial charge in [-0.3, -0.25) is 9.52 Å². The molecule has 0 saturated carbocycles. The maximum Gasteiger partial charge on any atom is 0.327 e. The summed E-state index contributed by atoms with van der Waals surface area (Å²) in [5, 5.41) is 0. The van der Waals surface area contributed by atoms with Crippen LogP contribution in [0.15, 0.2) is 60.9 Å². The molecule has 3 rings (SSSR count). The Labute approximate surface area is 166 Å². The number of ketones is 1. The Morgan fingerprint density at radius 1 is 1.14 bits per heavy atom. The number of anilines is 1. The number of nitrogens with one attached hydrogen (secondary N) is 1. The number of benzene rings is 2. The van der Waals surface area contributed by atoms with Gasteiger partial charge in [-0.2, -0.15) is 8.42 Å². The molecule has 1 heterocycles. The van der Waals surface area contributed by atoms with Gasteiger partial charge in [-0.1, -0.05) is 50.2 Å². The van der Waals surface area contributed by atoms with E-state index in [9.17, 15) is 13.2 Å². The molecular weight excluding hydrogens is 376 g/mol. The first-order valence-corrected chi connectivity index (χ1v) is 10.7. The van der Waals surface area contributed by atoms with E-state index in [1.807, 2.05) is 56.3 Å². The van der Waals surface area contributed by atoms with Gasteiger partial charge >= 0.3 is 10.2 Å². The van der Waals surface area contributed by atoms with Crippen molar-refractivity contribution in [2.24, 2.45) is 5.92 Å². The quantitative estimate of drug-likeness (QED) is 0.735. The largest absolute Gasteiger partial charge is 0.487 e. The standard InChI is InChI=1S/C21H24N2O4S/c1-3-20(24)16(2)13-18-9-10-19(23-12-11-22-28(23,25)26)21(14-18)27-15-17-7-5-4-6-8-17/h4-12,14,16,22H,3,13,15H2,1-2H3. The molecule has 0 radical (unpaired) electrons. The number of hydrogen-bond donors (Lipinski definition) is 1. The average molecular weight is 401 g/mol. The first kappa shape index (κ1) is 19.9. The number of carbonyl (C=O) groups excluding carboxylic acids is 1. The Hall–Kier alpha value is -2.80. The molecule has 0 aromatic heterocycles. The smallest absolute Gasteiger partial charge is 0.327 e. The van der Waals surface area contributed by atoms with Crippen LogP contribution in [0, 0.1) is 5.92 Å². The van der Waals surface area contributed by atoms with Gasteiger partial charge in [0.25, 0.3) is 0 Å². The zero-order valence-corrected chi connectivity index (χ0v) is 16.8. The van der Waals surface area contributed by atoms with Crippen molar-refractivity contribution in [2.75, 3.05) is 4.31 Å². The summed E-state index contributed by atoms with van der Waals surface area (Å²) in [4.78, 5) is 11.9. The van der Waals surface area contributed by atoms with Crippen LogP contribution in [0.25, 0.3) is 0 Å². The second-order valence-corrected chi connectivity index (χ2v) is 8.32. The minimum atomic E-state index is -3.66. The normalized spacial score (nSPS) is 15.9. The van der Waals surface area contributed by atoms with E-state index in [2.05, 4.69) is 4.72 Å². The molecule has 0 spiro atoms. The Bertz CT molecular complexity index is 971. The predicted octanol–water partition coefficient (Wildman–Crippen LogP) is 3.55. The third-order valence-corrected chi connectivity index (χ3v) is 5.89. The molecular formula is C21H24N2O4S. The molecule has 148 valence electrons.